The lowest BCUT2D eigenvalue weighted by Crippen LogP contribution is -2.40. The van der Waals surface area contributed by atoms with Crippen molar-refractivity contribution in [2.24, 2.45) is 4.99 Å². The Bertz CT molecular complexity index is 748. The number of benzene rings is 1. The van der Waals surface area contributed by atoms with E-state index in [1.165, 1.54) is 6.26 Å². The molecule has 0 aliphatic heterocycles. The van der Waals surface area contributed by atoms with Gasteiger partial charge >= 0.3 is 0 Å². The highest BCUT2D eigenvalue weighted by Gasteiger charge is 2.26. The van der Waals surface area contributed by atoms with Crippen LogP contribution in [-0.2, 0) is 5.60 Å². The molecule has 8 heteroatoms. The molecule has 0 bridgehead atoms. The molecule has 2 unspecified atom stereocenters. The van der Waals surface area contributed by atoms with Crippen molar-refractivity contribution in [1.29, 1.82) is 0 Å². The number of hydrogen-bond acceptors (Lipinski definition) is 5. The highest BCUT2D eigenvalue weighted by Crippen LogP contribution is 2.29. The normalized spacial score (nSPS) is 14.4. The Hall–Kier alpha value is -1.94. The fraction of sp³-hybridized carbons (Fsp3) is 0.450. The van der Waals surface area contributed by atoms with Gasteiger partial charge in [-0.1, -0.05) is 0 Å². The molecular formula is C20H30IN3O4. The van der Waals surface area contributed by atoms with E-state index in [0.29, 0.717) is 18.3 Å². The van der Waals surface area contributed by atoms with Crippen molar-refractivity contribution < 1.29 is 19.0 Å². The summed E-state index contributed by atoms with van der Waals surface area (Å²) in [5.74, 6) is 2.57. The standard InChI is InChI=1S/C20H29N3O4.HI/c1-6-21-19(22-13-20(3,24)18-8-7-11-27-18)23-14(2)16-12-15(25-4)9-10-17(16)26-5;/h7-12,14,24H,6,13H2,1-5H3,(H2,21,22,23);1H. The molecule has 0 aliphatic rings. The molecule has 0 saturated heterocycles. The molecule has 0 aliphatic carbocycles. The van der Waals surface area contributed by atoms with Gasteiger partial charge in [0.05, 0.1) is 33.1 Å². The first-order chi connectivity index (χ1) is 12.9. The van der Waals surface area contributed by atoms with Gasteiger partial charge in [0.1, 0.15) is 22.9 Å². The molecule has 0 amide bonds. The van der Waals surface area contributed by atoms with Gasteiger partial charge in [0, 0.05) is 12.1 Å². The quantitative estimate of drug-likeness (QED) is 0.291. The Morgan fingerprint density at radius 1 is 1.29 bits per heavy atom. The van der Waals surface area contributed by atoms with Gasteiger partial charge in [-0.25, -0.2) is 4.99 Å². The zero-order valence-corrected chi connectivity index (χ0v) is 19.3. The van der Waals surface area contributed by atoms with Crippen LogP contribution < -0.4 is 20.1 Å². The highest BCUT2D eigenvalue weighted by atomic mass is 127. The van der Waals surface area contributed by atoms with Crippen LogP contribution in [0.15, 0.2) is 46.0 Å². The first-order valence-electron chi connectivity index (χ1n) is 8.94. The Kier molecular flexibility index (Phi) is 9.60. The largest absolute Gasteiger partial charge is 0.497 e. The van der Waals surface area contributed by atoms with Crippen LogP contribution in [0.1, 0.15) is 38.1 Å². The average molecular weight is 503 g/mol. The second-order valence-corrected chi connectivity index (χ2v) is 6.42. The molecule has 1 aromatic carbocycles. The summed E-state index contributed by atoms with van der Waals surface area (Å²) in [5.41, 5.74) is -0.247. The molecule has 2 rings (SSSR count). The summed E-state index contributed by atoms with van der Waals surface area (Å²) in [6.45, 7) is 6.51. The Balaban J connectivity index is 0.00000392. The van der Waals surface area contributed by atoms with Crippen LogP contribution >= 0.6 is 24.0 Å². The van der Waals surface area contributed by atoms with Gasteiger partial charge in [-0.3, -0.25) is 0 Å². The van der Waals surface area contributed by atoms with Crippen molar-refractivity contribution in [2.75, 3.05) is 27.3 Å². The van der Waals surface area contributed by atoms with E-state index >= 15 is 0 Å². The fourth-order valence-electron chi connectivity index (χ4n) is 2.68. The van der Waals surface area contributed by atoms with E-state index in [-0.39, 0.29) is 36.6 Å². The van der Waals surface area contributed by atoms with Crippen LogP contribution in [0.25, 0.3) is 0 Å². The van der Waals surface area contributed by atoms with Crippen molar-refractivity contribution in [2.45, 2.75) is 32.4 Å². The maximum atomic E-state index is 10.6. The summed E-state index contributed by atoms with van der Waals surface area (Å²) < 4.78 is 16.1. The third-order valence-electron chi connectivity index (χ3n) is 4.20. The highest BCUT2D eigenvalue weighted by molar-refractivity contribution is 14.0. The molecule has 0 spiro atoms. The van der Waals surface area contributed by atoms with E-state index in [1.54, 1.807) is 33.3 Å². The summed E-state index contributed by atoms with van der Waals surface area (Å²) in [7, 11) is 3.27. The molecule has 3 N–H and O–H groups in total. The smallest absolute Gasteiger partial charge is 0.191 e. The molecule has 0 fully saturated rings. The van der Waals surface area contributed by atoms with Crippen molar-refractivity contribution in [3.8, 4) is 11.5 Å². The topological polar surface area (TPSA) is 88.3 Å². The summed E-state index contributed by atoms with van der Waals surface area (Å²) in [6, 6.07) is 9.04. The minimum Gasteiger partial charge on any atom is -0.497 e. The third-order valence-corrected chi connectivity index (χ3v) is 4.20. The van der Waals surface area contributed by atoms with Crippen molar-refractivity contribution >= 4 is 29.9 Å². The lowest BCUT2D eigenvalue weighted by atomic mass is 10.0. The first-order valence-corrected chi connectivity index (χ1v) is 8.94. The molecule has 2 atom stereocenters. The number of guanidine groups is 1. The van der Waals surface area contributed by atoms with E-state index in [0.717, 1.165) is 17.1 Å². The van der Waals surface area contributed by atoms with Gasteiger partial charge < -0.3 is 29.6 Å². The molecule has 1 aromatic heterocycles. The molecular weight excluding hydrogens is 473 g/mol. The Labute approximate surface area is 183 Å². The third kappa shape index (κ3) is 6.30. The maximum absolute atomic E-state index is 10.6. The van der Waals surface area contributed by atoms with Crippen molar-refractivity contribution in [3.63, 3.8) is 0 Å². The average Bonchev–Trinajstić information content (AvgIpc) is 3.21. The zero-order valence-electron chi connectivity index (χ0n) is 17.0. The molecule has 28 heavy (non-hydrogen) atoms. The lowest BCUT2D eigenvalue weighted by molar-refractivity contribution is 0.0437. The number of nitrogens with one attached hydrogen (secondary N) is 2. The Morgan fingerprint density at radius 3 is 2.61 bits per heavy atom. The second kappa shape index (κ2) is 11.2. The van der Waals surface area contributed by atoms with Crippen molar-refractivity contribution in [1.82, 2.24) is 10.6 Å². The van der Waals surface area contributed by atoms with Gasteiger partial charge in [-0.2, -0.15) is 0 Å². The summed E-state index contributed by atoms with van der Waals surface area (Å²) in [4.78, 5) is 4.52. The number of halogens is 1. The number of methoxy groups -OCH3 is 2. The predicted octanol–water partition coefficient (Wildman–Crippen LogP) is 3.44. The van der Waals surface area contributed by atoms with E-state index in [9.17, 15) is 5.11 Å². The fourth-order valence-corrected chi connectivity index (χ4v) is 2.68. The zero-order chi connectivity index (χ0) is 19.9. The Morgan fingerprint density at radius 2 is 2.04 bits per heavy atom. The number of aliphatic imine (C=N–C) groups is 1. The molecule has 2 aromatic rings. The van der Waals surface area contributed by atoms with Gasteiger partial charge in [0.25, 0.3) is 0 Å². The molecule has 0 radical (unpaired) electrons. The number of ether oxygens (including phenoxy) is 2. The van der Waals surface area contributed by atoms with Gasteiger partial charge in [0.2, 0.25) is 0 Å². The minimum absolute atomic E-state index is 0. The minimum atomic E-state index is -1.19. The van der Waals surface area contributed by atoms with Gasteiger partial charge in [-0.05, 0) is 51.1 Å². The first kappa shape index (κ1) is 24.1. The number of rotatable bonds is 8. The number of hydrogen-bond donors (Lipinski definition) is 3. The van der Waals surface area contributed by atoms with Crippen LogP contribution in [0.4, 0.5) is 0 Å². The van der Waals surface area contributed by atoms with Crippen LogP contribution in [0, 0.1) is 0 Å². The maximum Gasteiger partial charge on any atom is 0.191 e. The van der Waals surface area contributed by atoms with Crippen molar-refractivity contribution in [3.05, 3.63) is 47.9 Å². The SMILES string of the molecule is CCNC(=NCC(C)(O)c1ccco1)NC(C)c1cc(OC)ccc1OC.I. The number of furan rings is 1. The number of nitrogens with zero attached hydrogens (tertiary/aromatic N) is 1. The van der Waals surface area contributed by atoms with E-state index < -0.39 is 5.60 Å². The predicted molar refractivity (Wildman–Crippen MR) is 121 cm³/mol. The summed E-state index contributed by atoms with van der Waals surface area (Å²) >= 11 is 0. The van der Waals surface area contributed by atoms with E-state index in [4.69, 9.17) is 13.9 Å². The number of aliphatic hydroxyl groups is 1. The van der Waals surface area contributed by atoms with E-state index in [1.807, 2.05) is 32.0 Å². The molecule has 156 valence electrons. The monoisotopic (exact) mass is 503 g/mol. The summed E-state index contributed by atoms with van der Waals surface area (Å²) in [5, 5.41) is 17.1. The van der Waals surface area contributed by atoms with Gasteiger partial charge in [0.15, 0.2) is 5.96 Å². The van der Waals surface area contributed by atoms with Gasteiger partial charge in [-0.15, -0.1) is 24.0 Å². The van der Waals surface area contributed by atoms with Crippen LogP contribution in [0.2, 0.25) is 0 Å². The van der Waals surface area contributed by atoms with E-state index in [2.05, 4.69) is 15.6 Å². The molecule has 0 saturated carbocycles. The lowest BCUT2D eigenvalue weighted by Gasteiger charge is -2.23. The summed E-state index contributed by atoms with van der Waals surface area (Å²) in [6.07, 6.45) is 1.54. The molecule has 7 nitrogen and oxygen atoms in total. The molecule has 1 heterocycles. The van der Waals surface area contributed by atoms with Crippen LogP contribution in [0.5, 0.6) is 11.5 Å². The van der Waals surface area contributed by atoms with Crippen LogP contribution in [-0.4, -0.2) is 38.4 Å². The second-order valence-electron chi connectivity index (χ2n) is 6.42. The van der Waals surface area contributed by atoms with Crippen LogP contribution in [0.3, 0.4) is 0 Å².